The van der Waals surface area contributed by atoms with Crippen molar-refractivity contribution in [3.8, 4) is 0 Å². The van der Waals surface area contributed by atoms with Gasteiger partial charge in [-0.1, -0.05) is 6.08 Å². The van der Waals surface area contributed by atoms with E-state index < -0.39 is 10.8 Å². The van der Waals surface area contributed by atoms with Crippen molar-refractivity contribution >= 4 is 11.7 Å². The molecular weight excluding hydrogens is 198 g/mol. The number of hydrogen-bond donors (Lipinski definition) is 0. The highest BCUT2D eigenvalue weighted by atomic mass is 16.6. The number of hydrogen-bond acceptors (Lipinski definition) is 4. The van der Waals surface area contributed by atoms with E-state index in [-0.39, 0.29) is 11.5 Å². The van der Waals surface area contributed by atoms with Crippen LogP contribution in [0.1, 0.15) is 29.8 Å². The lowest BCUT2D eigenvalue weighted by Crippen LogP contribution is -1.99. The van der Waals surface area contributed by atoms with E-state index in [1.165, 1.54) is 12.1 Å². The summed E-state index contributed by atoms with van der Waals surface area (Å²) in [6.07, 6.45) is 4.44. The third-order valence-corrected chi connectivity index (χ3v) is 2.33. The summed E-state index contributed by atoms with van der Waals surface area (Å²) in [5.74, 6) is -0.576. The predicted octanol–water partition coefficient (Wildman–Crippen LogP) is 2.48. The molecule has 0 aromatic carbocycles. The number of ketones is 1. The highest BCUT2D eigenvalue weighted by molar-refractivity contribution is 6.07. The standard InChI is InChI=1S/C10H9NO4/c12-10(7-3-1-2-4-7)8-5-6-9(15-8)11(13)14/h3,5-6H,1-2,4H2. The maximum atomic E-state index is 11.7. The first-order valence-electron chi connectivity index (χ1n) is 4.66. The molecule has 0 fully saturated rings. The topological polar surface area (TPSA) is 73.3 Å². The van der Waals surface area contributed by atoms with Gasteiger partial charge in [0.25, 0.3) is 0 Å². The molecule has 1 aromatic rings. The summed E-state index contributed by atoms with van der Waals surface area (Å²) >= 11 is 0. The number of allylic oxidation sites excluding steroid dienone is 2. The van der Waals surface area contributed by atoms with Gasteiger partial charge in [-0.15, -0.1) is 0 Å². The van der Waals surface area contributed by atoms with Gasteiger partial charge in [0.2, 0.25) is 5.78 Å². The molecule has 5 heteroatoms. The Morgan fingerprint density at radius 3 is 2.80 bits per heavy atom. The molecule has 0 unspecified atom stereocenters. The molecule has 15 heavy (non-hydrogen) atoms. The Balaban J connectivity index is 2.22. The van der Waals surface area contributed by atoms with E-state index in [1.807, 2.05) is 6.08 Å². The van der Waals surface area contributed by atoms with Crippen molar-refractivity contribution in [3.05, 3.63) is 39.7 Å². The highest BCUT2D eigenvalue weighted by Gasteiger charge is 2.21. The Labute approximate surface area is 85.5 Å². The van der Waals surface area contributed by atoms with Gasteiger partial charge < -0.3 is 4.42 Å². The molecule has 0 saturated carbocycles. The van der Waals surface area contributed by atoms with E-state index in [1.54, 1.807) is 0 Å². The van der Waals surface area contributed by atoms with Gasteiger partial charge in [0, 0.05) is 0 Å². The van der Waals surface area contributed by atoms with E-state index in [0.717, 1.165) is 19.3 Å². The maximum Gasteiger partial charge on any atom is 0.433 e. The largest absolute Gasteiger partial charge is 0.433 e. The van der Waals surface area contributed by atoms with Crippen LogP contribution in [0.2, 0.25) is 0 Å². The van der Waals surface area contributed by atoms with E-state index in [4.69, 9.17) is 4.42 Å². The number of nitro groups is 1. The third kappa shape index (κ3) is 1.81. The monoisotopic (exact) mass is 207 g/mol. The zero-order chi connectivity index (χ0) is 10.8. The van der Waals surface area contributed by atoms with Gasteiger partial charge >= 0.3 is 5.88 Å². The van der Waals surface area contributed by atoms with Crippen molar-refractivity contribution in [1.82, 2.24) is 0 Å². The molecule has 0 N–H and O–H groups in total. The number of carbonyl (C=O) groups excluding carboxylic acids is 1. The van der Waals surface area contributed by atoms with Crippen molar-refractivity contribution in [2.24, 2.45) is 0 Å². The van der Waals surface area contributed by atoms with Crippen LogP contribution in [0.4, 0.5) is 5.88 Å². The van der Waals surface area contributed by atoms with Crippen LogP contribution in [0.15, 0.2) is 28.2 Å². The lowest BCUT2D eigenvalue weighted by Gasteiger charge is -1.95. The molecule has 0 atom stereocenters. The minimum atomic E-state index is -0.653. The van der Waals surface area contributed by atoms with Gasteiger partial charge in [0.05, 0.1) is 6.07 Å². The zero-order valence-corrected chi connectivity index (χ0v) is 7.93. The Hall–Kier alpha value is -1.91. The smallest absolute Gasteiger partial charge is 0.397 e. The number of nitrogens with zero attached hydrogens (tertiary/aromatic N) is 1. The lowest BCUT2D eigenvalue weighted by atomic mass is 10.1. The Morgan fingerprint density at radius 2 is 2.27 bits per heavy atom. The Morgan fingerprint density at radius 1 is 1.47 bits per heavy atom. The summed E-state index contributed by atoms with van der Waals surface area (Å²) in [6.45, 7) is 0. The SMILES string of the molecule is O=C(C1=CCCC1)c1ccc([N+](=O)[O-])o1. The molecule has 0 saturated heterocycles. The normalized spacial score (nSPS) is 15.1. The first-order chi connectivity index (χ1) is 7.18. The fourth-order valence-electron chi connectivity index (χ4n) is 1.58. The van der Waals surface area contributed by atoms with Gasteiger partial charge in [-0.05, 0) is 30.9 Å². The van der Waals surface area contributed by atoms with Crippen LogP contribution in [0.3, 0.4) is 0 Å². The number of carbonyl (C=O) groups is 1. The van der Waals surface area contributed by atoms with Gasteiger partial charge in [-0.3, -0.25) is 14.9 Å². The van der Waals surface area contributed by atoms with E-state index >= 15 is 0 Å². The van der Waals surface area contributed by atoms with Crippen LogP contribution in [-0.2, 0) is 0 Å². The molecule has 0 aliphatic heterocycles. The number of furan rings is 1. The van der Waals surface area contributed by atoms with Crippen LogP contribution < -0.4 is 0 Å². The summed E-state index contributed by atoms with van der Waals surface area (Å²) in [5.41, 5.74) is 0.694. The molecule has 0 spiro atoms. The summed E-state index contributed by atoms with van der Waals surface area (Å²) in [7, 11) is 0. The molecule has 0 amide bonds. The summed E-state index contributed by atoms with van der Waals surface area (Å²) in [5, 5.41) is 10.3. The van der Waals surface area contributed by atoms with Gasteiger partial charge in [0.1, 0.15) is 4.92 Å². The molecule has 5 nitrogen and oxygen atoms in total. The van der Waals surface area contributed by atoms with E-state index in [2.05, 4.69) is 0 Å². The Kier molecular flexibility index (Phi) is 2.37. The second-order valence-corrected chi connectivity index (χ2v) is 3.35. The van der Waals surface area contributed by atoms with Gasteiger partial charge in [0.15, 0.2) is 5.76 Å². The Bertz CT molecular complexity index is 444. The molecule has 2 rings (SSSR count). The van der Waals surface area contributed by atoms with Crippen LogP contribution in [0.5, 0.6) is 0 Å². The molecule has 1 heterocycles. The molecule has 0 bridgehead atoms. The van der Waals surface area contributed by atoms with Crippen molar-refractivity contribution in [2.75, 3.05) is 0 Å². The summed E-state index contributed by atoms with van der Waals surface area (Å²) in [6, 6.07) is 2.54. The van der Waals surface area contributed by atoms with Crippen molar-refractivity contribution < 1.29 is 14.1 Å². The molecule has 1 aliphatic carbocycles. The summed E-state index contributed by atoms with van der Waals surface area (Å²) < 4.78 is 4.83. The quantitative estimate of drug-likeness (QED) is 0.433. The minimum absolute atomic E-state index is 0.0508. The fourth-order valence-corrected chi connectivity index (χ4v) is 1.58. The van der Waals surface area contributed by atoms with Crippen LogP contribution in [0, 0.1) is 10.1 Å². The summed E-state index contributed by atoms with van der Waals surface area (Å²) in [4.78, 5) is 21.4. The predicted molar refractivity (Wildman–Crippen MR) is 51.6 cm³/mol. The second-order valence-electron chi connectivity index (χ2n) is 3.35. The van der Waals surface area contributed by atoms with Crippen molar-refractivity contribution in [2.45, 2.75) is 19.3 Å². The van der Waals surface area contributed by atoms with Crippen molar-refractivity contribution in [1.29, 1.82) is 0 Å². The third-order valence-electron chi connectivity index (χ3n) is 2.33. The molecule has 78 valence electrons. The zero-order valence-electron chi connectivity index (χ0n) is 7.93. The van der Waals surface area contributed by atoms with E-state index in [9.17, 15) is 14.9 Å². The maximum absolute atomic E-state index is 11.7. The molecule has 0 radical (unpaired) electrons. The minimum Gasteiger partial charge on any atom is -0.397 e. The van der Waals surface area contributed by atoms with Gasteiger partial charge in [-0.2, -0.15) is 0 Å². The second kappa shape index (κ2) is 3.68. The number of rotatable bonds is 3. The average molecular weight is 207 g/mol. The molecule has 1 aliphatic rings. The molecule has 1 aromatic heterocycles. The van der Waals surface area contributed by atoms with Gasteiger partial charge in [-0.25, -0.2) is 0 Å². The lowest BCUT2D eigenvalue weighted by molar-refractivity contribution is -0.402. The average Bonchev–Trinajstić information content (AvgIpc) is 2.88. The van der Waals surface area contributed by atoms with Crippen molar-refractivity contribution in [3.63, 3.8) is 0 Å². The van der Waals surface area contributed by atoms with Crippen LogP contribution in [-0.4, -0.2) is 10.7 Å². The highest BCUT2D eigenvalue weighted by Crippen LogP contribution is 2.24. The first kappa shape index (κ1) is 9.64. The van der Waals surface area contributed by atoms with Crippen LogP contribution in [0.25, 0.3) is 0 Å². The number of Topliss-reactive ketones (excluding diaryl/α,β-unsaturated/α-hetero) is 1. The fraction of sp³-hybridized carbons (Fsp3) is 0.300. The first-order valence-corrected chi connectivity index (χ1v) is 4.66. The van der Waals surface area contributed by atoms with Crippen LogP contribution >= 0.6 is 0 Å². The van der Waals surface area contributed by atoms with E-state index in [0.29, 0.717) is 5.57 Å². The molecular formula is C10H9NO4.